The molecule has 52 heavy (non-hydrogen) atoms. The summed E-state index contributed by atoms with van der Waals surface area (Å²) in [6, 6.07) is 56.6. The van der Waals surface area contributed by atoms with Crippen molar-refractivity contribution in [1.82, 2.24) is 19.5 Å². The van der Waals surface area contributed by atoms with Crippen LogP contribution in [0.2, 0.25) is 0 Å². The zero-order chi connectivity index (χ0) is 34.2. The van der Waals surface area contributed by atoms with Crippen LogP contribution in [0.25, 0.3) is 70.0 Å². The number of pyridine rings is 1. The van der Waals surface area contributed by atoms with Gasteiger partial charge in [-0.1, -0.05) is 115 Å². The maximum atomic E-state index is 6.25. The van der Waals surface area contributed by atoms with E-state index in [9.17, 15) is 0 Å². The lowest BCUT2D eigenvalue weighted by Crippen LogP contribution is -2.75. The lowest BCUT2D eigenvalue weighted by Gasteiger charge is -2.33. The molecule has 0 spiro atoms. The van der Waals surface area contributed by atoms with Gasteiger partial charge in [0.1, 0.15) is 5.58 Å². The molecule has 0 unspecified atom stereocenters. The summed E-state index contributed by atoms with van der Waals surface area (Å²) in [5.74, 6) is 0.640. The summed E-state index contributed by atoms with van der Waals surface area (Å²) in [6.45, 7) is 0. The molecular weight excluding hydrogens is 673 g/mol. The van der Waals surface area contributed by atoms with Crippen molar-refractivity contribution in [2.24, 2.45) is 0 Å². The summed E-state index contributed by atoms with van der Waals surface area (Å²) < 4.78 is 11.1. The summed E-state index contributed by atoms with van der Waals surface area (Å²) in [4.78, 5) is 15.3. The average molecular weight is 701 g/mol. The van der Waals surface area contributed by atoms with Crippen LogP contribution in [0.3, 0.4) is 0 Å². The van der Waals surface area contributed by atoms with Crippen molar-refractivity contribution in [2.75, 3.05) is 0 Å². The average Bonchev–Trinajstić information content (AvgIpc) is 3.89. The number of benzene rings is 6. The van der Waals surface area contributed by atoms with E-state index in [0.717, 1.165) is 43.5 Å². The quantitative estimate of drug-likeness (QED) is 0.133. The van der Waals surface area contributed by atoms with Gasteiger partial charge in [0.25, 0.3) is 0 Å². The Kier molecular flexibility index (Phi) is 6.37. The first-order valence-electron chi connectivity index (χ1n) is 17.4. The van der Waals surface area contributed by atoms with Crippen LogP contribution in [0.5, 0.6) is 0 Å². The summed E-state index contributed by atoms with van der Waals surface area (Å²) in [7, 11) is -3.05. The van der Waals surface area contributed by atoms with E-state index in [1.54, 1.807) is 6.20 Å². The highest BCUT2D eigenvalue weighted by atomic mass is 32.1. The molecule has 0 bridgehead atoms. The fourth-order valence-corrected chi connectivity index (χ4v) is 14.7. The highest BCUT2D eigenvalue weighted by molar-refractivity contribution is 7.30. The number of hydrogen-bond acceptors (Lipinski definition) is 5. The summed E-state index contributed by atoms with van der Waals surface area (Å²) >= 11 is 1.88. The van der Waals surface area contributed by atoms with Gasteiger partial charge in [-0.2, -0.15) is 0 Å². The zero-order valence-corrected chi connectivity index (χ0v) is 29.6. The van der Waals surface area contributed by atoms with Crippen LogP contribution in [0.15, 0.2) is 175 Å². The van der Waals surface area contributed by atoms with E-state index < -0.39 is 8.07 Å². The number of hydrogen-bond donors (Lipinski definition) is 0. The van der Waals surface area contributed by atoms with Gasteiger partial charge in [-0.3, -0.25) is 4.57 Å². The lowest BCUT2D eigenvalue weighted by molar-refractivity contribution is 0.654. The van der Waals surface area contributed by atoms with Gasteiger partial charge in [0.05, 0.1) is 11.0 Å². The molecule has 0 saturated heterocycles. The van der Waals surface area contributed by atoms with Crippen molar-refractivity contribution in [1.29, 1.82) is 0 Å². The molecule has 6 aromatic carbocycles. The molecule has 0 radical (unpaired) electrons. The van der Waals surface area contributed by atoms with Crippen molar-refractivity contribution in [2.45, 2.75) is 0 Å². The third-order valence-electron chi connectivity index (χ3n) is 10.5. The van der Waals surface area contributed by atoms with E-state index in [2.05, 4.69) is 155 Å². The lowest BCUT2D eigenvalue weighted by atomic mass is 10.1. The largest absolute Gasteiger partial charge is 0.438 e. The van der Waals surface area contributed by atoms with Gasteiger partial charge in [-0.05, 0) is 58.0 Å². The first kappa shape index (κ1) is 29.3. The van der Waals surface area contributed by atoms with Crippen molar-refractivity contribution < 1.29 is 4.42 Å². The number of furan rings is 1. The fraction of sp³-hybridized carbons (Fsp3) is 0. The summed E-state index contributed by atoms with van der Waals surface area (Å²) in [5, 5.41) is 11.8. The van der Waals surface area contributed by atoms with Crippen LogP contribution in [0.4, 0.5) is 0 Å². The van der Waals surface area contributed by atoms with Gasteiger partial charge in [0.2, 0.25) is 19.7 Å². The predicted molar refractivity (Wildman–Crippen MR) is 218 cm³/mol. The van der Waals surface area contributed by atoms with E-state index in [1.807, 2.05) is 29.7 Å². The van der Waals surface area contributed by atoms with E-state index in [1.165, 1.54) is 35.7 Å². The molecule has 5 aromatic heterocycles. The van der Waals surface area contributed by atoms with Crippen LogP contribution in [-0.4, -0.2) is 27.6 Å². The Morgan fingerprint density at radius 1 is 0.519 bits per heavy atom. The Bertz CT molecular complexity index is 3110. The third kappa shape index (κ3) is 4.06. The Labute approximate surface area is 303 Å². The molecule has 0 aliphatic carbocycles. The van der Waals surface area contributed by atoms with E-state index >= 15 is 0 Å². The molecule has 0 aliphatic rings. The monoisotopic (exact) mass is 700 g/mol. The Hall–Kier alpha value is -6.41. The van der Waals surface area contributed by atoms with Crippen LogP contribution >= 0.6 is 11.3 Å². The number of rotatable bonds is 5. The number of aromatic nitrogens is 4. The van der Waals surface area contributed by atoms with Crippen LogP contribution in [0, 0.1) is 0 Å². The molecule has 244 valence electrons. The number of para-hydroxylation sites is 1. The first-order valence-corrected chi connectivity index (χ1v) is 20.2. The molecule has 5 nitrogen and oxygen atoms in total. The highest BCUT2D eigenvalue weighted by Gasteiger charge is 2.45. The van der Waals surface area contributed by atoms with Gasteiger partial charge in [-0.25, -0.2) is 15.0 Å². The second kappa shape index (κ2) is 11.3. The van der Waals surface area contributed by atoms with Gasteiger partial charge in [0.15, 0.2) is 0 Å². The minimum absolute atomic E-state index is 0.636. The second-order valence-corrected chi connectivity index (χ2v) is 17.9. The molecule has 11 rings (SSSR count). The summed E-state index contributed by atoms with van der Waals surface area (Å²) in [6.07, 6.45) is 3.73. The normalized spacial score (nSPS) is 12.2. The fourth-order valence-electron chi connectivity index (χ4n) is 8.37. The maximum absolute atomic E-state index is 6.25. The molecular formula is C45H28N4OSSi. The Balaban J connectivity index is 1.26. The van der Waals surface area contributed by atoms with Crippen molar-refractivity contribution >= 4 is 104 Å². The maximum Gasteiger partial charge on any atom is 0.234 e. The second-order valence-electron chi connectivity index (χ2n) is 13.1. The molecule has 7 heteroatoms. The SMILES string of the molecule is c1ccc([Si](c2ccccc2)(c2ccnc(-n3c4ccccc4c4c5c(ccc43)oc3ncccc35)n2)c2cccc3c2sc2ccccc23)cc1. The molecule has 5 heterocycles. The van der Waals surface area contributed by atoms with E-state index in [-0.39, 0.29) is 0 Å². The van der Waals surface area contributed by atoms with Crippen LogP contribution in [0.1, 0.15) is 0 Å². The Morgan fingerprint density at radius 2 is 1.23 bits per heavy atom. The minimum atomic E-state index is -3.05. The topological polar surface area (TPSA) is 56.7 Å². The predicted octanol–water partition coefficient (Wildman–Crippen LogP) is 8.61. The number of thiophene rings is 1. The highest BCUT2D eigenvalue weighted by Crippen LogP contribution is 2.40. The van der Waals surface area contributed by atoms with Crippen LogP contribution < -0.4 is 20.9 Å². The van der Waals surface area contributed by atoms with Gasteiger partial charge >= 0.3 is 0 Å². The van der Waals surface area contributed by atoms with Crippen molar-refractivity contribution in [3.05, 3.63) is 170 Å². The minimum Gasteiger partial charge on any atom is -0.438 e. The van der Waals surface area contributed by atoms with Gasteiger partial charge < -0.3 is 4.42 Å². The molecule has 0 amide bonds. The molecule has 0 N–H and O–H groups in total. The third-order valence-corrected chi connectivity index (χ3v) is 16.6. The van der Waals surface area contributed by atoms with E-state index in [0.29, 0.717) is 11.7 Å². The van der Waals surface area contributed by atoms with Crippen LogP contribution in [-0.2, 0) is 0 Å². The standard InChI is InChI=1S/C45H28N4OSSi/c1-3-13-29(14-4-1)52(30-15-5-2-6-16-30,39-23-11-19-32-31-17-8-10-22-38(31)51-43(32)39)40-26-28-47-45(48-40)49-35-21-9-7-18-33(35)41-36(49)24-25-37-42(41)34-20-12-27-46-44(34)50-37/h1-28H. The molecule has 0 fully saturated rings. The number of fused-ring (bicyclic) bond motifs is 10. The Morgan fingerprint density at radius 3 is 2.06 bits per heavy atom. The van der Waals surface area contributed by atoms with E-state index in [4.69, 9.17) is 14.4 Å². The zero-order valence-electron chi connectivity index (χ0n) is 27.8. The molecule has 0 atom stereocenters. The van der Waals surface area contributed by atoms with Crippen molar-refractivity contribution in [3.63, 3.8) is 0 Å². The van der Waals surface area contributed by atoms with Gasteiger partial charge in [-0.15, -0.1) is 11.3 Å². The first-order chi connectivity index (χ1) is 25.8. The smallest absolute Gasteiger partial charge is 0.234 e. The molecule has 11 aromatic rings. The van der Waals surface area contributed by atoms with Crippen molar-refractivity contribution in [3.8, 4) is 5.95 Å². The van der Waals surface area contributed by atoms with Gasteiger partial charge in [0, 0.05) is 59.4 Å². The summed E-state index contributed by atoms with van der Waals surface area (Å²) in [5.41, 5.74) is 3.51. The molecule has 0 aliphatic heterocycles. The molecule has 0 saturated carbocycles. The number of nitrogens with zero attached hydrogens (tertiary/aromatic N) is 4.